The molecule has 6 aromatic rings. The smallest absolute Gasteiger partial charge is 0.284 e. The van der Waals surface area contributed by atoms with Crippen LogP contribution in [-0.4, -0.2) is 43.7 Å². The molecule has 3 aromatic heterocycles. The van der Waals surface area contributed by atoms with Gasteiger partial charge in [0.15, 0.2) is 0 Å². The average Bonchev–Trinajstić information content (AvgIpc) is 3.38. The van der Waals surface area contributed by atoms with Gasteiger partial charge in [0.25, 0.3) is 5.56 Å². The Labute approximate surface area is 223 Å². The van der Waals surface area contributed by atoms with Crippen LogP contribution < -0.4 is 20.9 Å². The monoisotopic (exact) mass is 516 g/mol. The van der Waals surface area contributed by atoms with Crippen molar-refractivity contribution in [3.63, 3.8) is 0 Å². The molecule has 0 atom stereocenters. The number of nitrogens with one attached hydrogen (secondary N) is 3. The fourth-order valence-corrected chi connectivity index (χ4v) is 4.46. The Morgan fingerprint density at radius 3 is 2.10 bits per heavy atom. The largest absolute Gasteiger partial charge is 0.497 e. The van der Waals surface area contributed by atoms with Crippen LogP contribution in [-0.2, 0) is 0 Å². The van der Waals surface area contributed by atoms with E-state index in [0.29, 0.717) is 40.0 Å². The van der Waals surface area contributed by atoms with Crippen molar-refractivity contribution >= 4 is 23.4 Å². The van der Waals surface area contributed by atoms with Crippen molar-refractivity contribution in [1.29, 1.82) is 0 Å². The summed E-state index contributed by atoms with van der Waals surface area (Å²) in [5.74, 6) is 1.76. The van der Waals surface area contributed by atoms with E-state index in [0.717, 1.165) is 16.7 Å². The first kappa shape index (κ1) is 23.9. The first-order valence-electron chi connectivity index (χ1n) is 12.2. The molecule has 0 radical (unpaired) electrons. The number of hydrogen-bond donors (Lipinski definition) is 3. The summed E-state index contributed by atoms with van der Waals surface area (Å²) < 4.78 is 6.74. The minimum Gasteiger partial charge on any atom is -0.497 e. The van der Waals surface area contributed by atoms with Crippen LogP contribution in [0.5, 0.6) is 5.75 Å². The molecule has 0 aliphatic rings. The van der Waals surface area contributed by atoms with Crippen LogP contribution in [0.25, 0.3) is 39.2 Å². The molecule has 3 N–H and O–H groups in total. The molecule has 3 heterocycles. The maximum Gasteiger partial charge on any atom is 0.284 e. The summed E-state index contributed by atoms with van der Waals surface area (Å²) in [5.41, 5.74) is 4.57. The van der Waals surface area contributed by atoms with Crippen molar-refractivity contribution in [3.05, 3.63) is 102 Å². The van der Waals surface area contributed by atoms with Crippen LogP contribution in [0.2, 0.25) is 0 Å². The zero-order valence-corrected chi connectivity index (χ0v) is 21.2. The molecule has 0 saturated heterocycles. The fourth-order valence-electron chi connectivity index (χ4n) is 4.46. The summed E-state index contributed by atoms with van der Waals surface area (Å²) in [6, 6.07) is 26.9. The van der Waals surface area contributed by atoms with Gasteiger partial charge in [-0.15, -0.1) is 0 Å². The van der Waals surface area contributed by atoms with Crippen LogP contribution in [0.3, 0.4) is 0 Å². The number of nitrogens with zero attached hydrogens (tertiary/aromatic N) is 5. The van der Waals surface area contributed by atoms with Gasteiger partial charge in [-0.3, -0.25) is 4.79 Å². The predicted octanol–water partition coefficient (Wildman–Crippen LogP) is 5.00. The first-order valence-corrected chi connectivity index (χ1v) is 12.2. The maximum absolute atomic E-state index is 14.2. The Balaban J connectivity index is 1.66. The minimum absolute atomic E-state index is 0.271. The number of ether oxygens (including phenoxy) is 1. The molecule has 0 amide bonds. The van der Waals surface area contributed by atoms with Gasteiger partial charge < -0.3 is 20.4 Å². The fraction of sp³-hybridized carbons (Fsp3) is 0.0690. The molecular weight excluding hydrogens is 492 g/mol. The second kappa shape index (κ2) is 10.1. The second-order valence-electron chi connectivity index (χ2n) is 8.63. The Morgan fingerprint density at radius 2 is 1.44 bits per heavy atom. The highest BCUT2D eigenvalue weighted by Crippen LogP contribution is 2.36. The molecule has 0 fully saturated rings. The Kier molecular flexibility index (Phi) is 6.18. The molecule has 10 heteroatoms. The van der Waals surface area contributed by atoms with Crippen LogP contribution in [0.4, 0.5) is 17.7 Å². The van der Waals surface area contributed by atoms with E-state index >= 15 is 0 Å². The molecule has 6 rings (SSSR count). The number of benzene rings is 3. The van der Waals surface area contributed by atoms with E-state index in [-0.39, 0.29) is 11.5 Å². The summed E-state index contributed by atoms with van der Waals surface area (Å²) >= 11 is 0. The zero-order valence-electron chi connectivity index (χ0n) is 21.2. The third kappa shape index (κ3) is 4.44. The maximum atomic E-state index is 14.2. The van der Waals surface area contributed by atoms with Crippen molar-refractivity contribution in [2.45, 2.75) is 0 Å². The lowest BCUT2D eigenvalue weighted by molar-refractivity contribution is 0.415. The van der Waals surface area contributed by atoms with Gasteiger partial charge in [-0.2, -0.15) is 14.6 Å². The molecule has 0 aliphatic heterocycles. The molecule has 0 saturated carbocycles. The van der Waals surface area contributed by atoms with E-state index in [1.54, 1.807) is 26.3 Å². The van der Waals surface area contributed by atoms with E-state index in [9.17, 15) is 4.79 Å². The molecule has 0 aliphatic carbocycles. The van der Waals surface area contributed by atoms with Crippen LogP contribution >= 0.6 is 0 Å². The van der Waals surface area contributed by atoms with Gasteiger partial charge in [-0.1, -0.05) is 72.8 Å². The lowest BCUT2D eigenvalue weighted by Gasteiger charge is -2.13. The van der Waals surface area contributed by atoms with E-state index in [4.69, 9.17) is 9.84 Å². The number of aromatic amines is 1. The number of methoxy groups -OCH3 is 1. The molecule has 0 unspecified atom stereocenters. The van der Waals surface area contributed by atoms with Crippen LogP contribution in [0.1, 0.15) is 0 Å². The number of hydrogen-bond acceptors (Lipinski definition) is 8. The van der Waals surface area contributed by atoms with E-state index in [2.05, 4.69) is 30.6 Å². The third-order valence-corrected chi connectivity index (χ3v) is 6.31. The van der Waals surface area contributed by atoms with Crippen LogP contribution in [0.15, 0.2) is 96.1 Å². The van der Waals surface area contributed by atoms with Gasteiger partial charge >= 0.3 is 0 Å². The van der Waals surface area contributed by atoms with E-state index in [1.165, 1.54) is 10.8 Å². The van der Waals surface area contributed by atoms with Crippen molar-refractivity contribution in [1.82, 2.24) is 29.5 Å². The lowest BCUT2D eigenvalue weighted by atomic mass is 10.0. The topological polar surface area (TPSA) is 122 Å². The molecule has 192 valence electrons. The van der Waals surface area contributed by atoms with Crippen LogP contribution in [0, 0.1) is 0 Å². The predicted molar refractivity (Wildman–Crippen MR) is 151 cm³/mol. The van der Waals surface area contributed by atoms with Gasteiger partial charge in [-0.25, -0.2) is 9.97 Å². The Hall–Kier alpha value is -5.51. The summed E-state index contributed by atoms with van der Waals surface area (Å²) in [5, 5.41) is 10.9. The van der Waals surface area contributed by atoms with Crippen molar-refractivity contribution in [2.75, 3.05) is 24.8 Å². The second-order valence-corrected chi connectivity index (χ2v) is 8.63. The standard InChI is InChI=1S/C29H24N8O2/c1-30-28-31-17-32-29(35-28)34-25-23(19-13-15-21(39-2)16-14-19)27(38)37-26(33-25)22(18-9-5-3-6-10-18)24(36-37)20-11-7-4-8-12-20/h3-17,33H,1-2H3,(H2,30,31,32,34,35). The molecular formula is C29H24N8O2. The molecule has 3 aromatic carbocycles. The summed E-state index contributed by atoms with van der Waals surface area (Å²) in [6.45, 7) is 0. The van der Waals surface area contributed by atoms with Crippen molar-refractivity contribution in [2.24, 2.45) is 0 Å². The van der Waals surface area contributed by atoms with Crippen molar-refractivity contribution in [3.8, 4) is 39.3 Å². The van der Waals surface area contributed by atoms with Gasteiger partial charge in [0.2, 0.25) is 11.9 Å². The van der Waals surface area contributed by atoms with Gasteiger partial charge in [0.05, 0.1) is 18.2 Å². The molecule has 10 nitrogen and oxygen atoms in total. The quantitative estimate of drug-likeness (QED) is 0.271. The minimum atomic E-state index is -0.307. The highest BCUT2D eigenvalue weighted by atomic mass is 16.5. The first-order chi connectivity index (χ1) is 19.2. The number of aromatic nitrogens is 6. The normalized spacial score (nSPS) is 10.9. The number of anilines is 3. The Bertz CT molecular complexity index is 1810. The van der Waals surface area contributed by atoms with Gasteiger partial charge in [-0.05, 0) is 23.3 Å². The summed E-state index contributed by atoms with van der Waals surface area (Å²) in [7, 11) is 3.32. The molecule has 0 bridgehead atoms. The van der Waals surface area contributed by atoms with E-state index in [1.807, 2.05) is 72.8 Å². The molecule has 39 heavy (non-hydrogen) atoms. The summed E-state index contributed by atoms with van der Waals surface area (Å²) in [6.07, 6.45) is 1.40. The van der Waals surface area contributed by atoms with Crippen molar-refractivity contribution < 1.29 is 4.74 Å². The van der Waals surface area contributed by atoms with E-state index < -0.39 is 0 Å². The highest BCUT2D eigenvalue weighted by molar-refractivity contribution is 5.92. The lowest BCUT2D eigenvalue weighted by Crippen LogP contribution is -2.20. The Morgan fingerprint density at radius 1 is 0.795 bits per heavy atom. The third-order valence-electron chi connectivity index (χ3n) is 6.31. The average molecular weight is 517 g/mol. The number of H-pyrrole nitrogens is 1. The van der Waals surface area contributed by atoms with Gasteiger partial charge in [0, 0.05) is 12.6 Å². The highest BCUT2D eigenvalue weighted by Gasteiger charge is 2.23. The zero-order chi connectivity index (χ0) is 26.8. The number of fused-ring (bicyclic) bond motifs is 1. The molecule has 0 spiro atoms. The van der Waals surface area contributed by atoms with Gasteiger partial charge in [0.1, 0.15) is 29.2 Å². The summed E-state index contributed by atoms with van der Waals surface area (Å²) in [4.78, 5) is 30.4. The number of rotatable bonds is 7. The SMILES string of the molecule is CNc1ncnc(Nc2[nH]c3c(-c4ccccc4)c(-c4ccccc4)nn3c(=O)c2-c2ccc(OC)cc2)n1.